The molecule has 3 aromatic rings. The number of ether oxygens (including phenoxy) is 2. The largest absolute Gasteiger partial charge is 0.486 e. The van der Waals surface area contributed by atoms with Crippen molar-refractivity contribution in [2.75, 3.05) is 40.6 Å². The van der Waals surface area contributed by atoms with Crippen LogP contribution in [0, 0.1) is 5.92 Å². The lowest BCUT2D eigenvalue weighted by molar-refractivity contribution is -0.122. The van der Waals surface area contributed by atoms with Crippen molar-refractivity contribution in [3.05, 3.63) is 72.8 Å². The number of para-hydroxylation sites is 1. The van der Waals surface area contributed by atoms with Crippen molar-refractivity contribution >= 4 is 40.6 Å². The summed E-state index contributed by atoms with van der Waals surface area (Å²) in [5, 5.41) is 8.34. The molecule has 4 amide bonds. The zero-order valence-electron chi connectivity index (χ0n) is 18.8. The number of nitrogens with one attached hydrogen (secondary N) is 3. The van der Waals surface area contributed by atoms with E-state index in [0.717, 1.165) is 0 Å². The minimum absolute atomic E-state index is 0.120. The lowest BCUT2D eigenvalue weighted by Crippen LogP contribution is -2.28. The fourth-order valence-corrected chi connectivity index (χ4v) is 4.03. The maximum atomic E-state index is 12.8. The molecule has 1 saturated heterocycles. The van der Waals surface area contributed by atoms with Crippen LogP contribution in [0.3, 0.4) is 0 Å². The number of urea groups is 1. The maximum Gasteiger partial charge on any atom is 0.323 e. The second-order valence-corrected chi connectivity index (χ2v) is 8.25. The first kappa shape index (κ1) is 22.3. The molecule has 5 rings (SSSR count). The fourth-order valence-electron chi connectivity index (χ4n) is 4.03. The summed E-state index contributed by atoms with van der Waals surface area (Å²) in [4.78, 5) is 39.2. The van der Waals surface area contributed by atoms with Crippen molar-refractivity contribution in [1.82, 2.24) is 0 Å². The number of carbonyl (C=O) groups is 3. The van der Waals surface area contributed by atoms with Crippen molar-refractivity contribution in [1.29, 1.82) is 0 Å². The van der Waals surface area contributed by atoms with E-state index in [1.807, 2.05) is 18.2 Å². The number of fused-ring (bicyclic) bond motifs is 1. The fraction of sp³-hybridized carbons (Fsp3) is 0.192. The minimum Gasteiger partial charge on any atom is -0.486 e. The number of benzene rings is 3. The van der Waals surface area contributed by atoms with Crippen LogP contribution in [0.2, 0.25) is 0 Å². The number of hydrogen-bond donors (Lipinski definition) is 3. The van der Waals surface area contributed by atoms with Gasteiger partial charge in [0.2, 0.25) is 11.8 Å². The normalized spacial score (nSPS) is 16.5. The van der Waals surface area contributed by atoms with Gasteiger partial charge in [0.1, 0.15) is 13.2 Å². The first-order valence-corrected chi connectivity index (χ1v) is 11.3. The van der Waals surface area contributed by atoms with E-state index < -0.39 is 5.92 Å². The molecule has 1 atom stereocenters. The number of hydrogen-bond acceptors (Lipinski definition) is 5. The summed E-state index contributed by atoms with van der Waals surface area (Å²) in [6.07, 6.45) is 0.125. The van der Waals surface area contributed by atoms with E-state index in [4.69, 9.17) is 9.47 Å². The summed E-state index contributed by atoms with van der Waals surface area (Å²) in [5.74, 6) is 0.411. The van der Waals surface area contributed by atoms with Crippen molar-refractivity contribution < 1.29 is 23.9 Å². The summed E-state index contributed by atoms with van der Waals surface area (Å²) in [6, 6.07) is 20.9. The topological polar surface area (TPSA) is 109 Å². The van der Waals surface area contributed by atoms with E-state index in [9.17, 15) is 14.4 Å². The molecule has 0 aromatic heterocycles. The van der Waals surface area contributed by atoms with Gasteiger partial charge in [-0.25, -0.2) is 4.79 Å². The highest BCUT2D eigenvalue weighted by molar-refractivity contribution is 6.04. The molecule has 9 heteroatoms. The molecule has 35 heavy (non-hydrogen) atoms. The highest BCUT2D eigenvalue weighted by atomic mass is 16.6. The van der Waals surface area contributed by atoms with E-state index in [1.54, 1.807) is 59.5 Å². The van der Waals surface area contributed by atoms with Crippen LogP contribution in [-0.2, 0) is 9.59 Å². The maximum absolute atomic E-state index is 12.8. The molecule has 3 N–H and O–H groups in total. The zero-order chi connectivity index (χ0) is 24.2. The Bertz CT molecular complexity index is 1250. The van der Waals surface area contributed by atoms with E-state index >= 15 is 0 Å². The molecule has 0 aliphatic carbocycles. The van der Waals surface area contributed by atoms with Crippen LogP contribution in [0.25, 0.3) is 0 Å². The third kappa shape index (κ3) is 5.19. The molecule has 1 fully saturated rings. The minimum atomic E-state index is -0.481. The smallest absolute Gasteiger partial charge is 0.323 e. The van der Waals surface area contributed by atoms with Crippen LogP contribution in [0.1, 0.15) is 6.42 Å². The molecule has 0 radical (unpaired) electrons. The monoisotopic (exact) mass is 472 g/mol. The third-order valence-electron chi connectivity index (χ3n) is 5.78. The van der Waals surface area contributed by atoms with Crippen molar-refractivity contribution in [2.45, 2.75) is 6.42 Å². The molecular weight excluding hydrogens is 448 g/mol. The zero-order valence-corrected chi connectivity index (χ0v) is 18.8. The molecule has 2 aliphatic heterocycles. The Labute approximate surface area is 202 Å². The molecule has 2 heterocycles. The number of amides is 4. The third-order valence-corrected chi connectivity index (χ3v) is 5.78. The van der Waals surface area contributed by atoms with Crippen LogP contribution < -0.4 is 30.3 Å². The lowest BCUT2D eigenvalue weighted by Gasteiger charge is -2.22. The number of carbonyl (C=O) groups excluding carboxylic acids is 3. The van der Waals surface area contributed by atoms with Crippen LogP contribution in [0.5, 0.6) is 11.5 Å². The number of rotatable bonds is 5. The molecule has 9 nitrogen and oxygen atoms in total. The van der Waals surface area contributed by atoms with Crippen molar-refractivity contribution in [3.8, 4) is 11.5 Å². The van der Waals surface area contributed by atoms with Gasteiger partial charge in [0.15, 0.2) is 11.5 Å². The van der Waals surface area contributed by atoms with Gasteiger partial charge in [0.05, 0.1) is 5.92 Å². The van der Waals surface area contributed by atoms with Gasteiger partial charge in [-0.1, -0.05) is 18.2 Å². The molecule has 0 unspecified atom stereocenters. The summed E-state index contributed by atoms with van der Waals surface area (Å²) in [5.41, 5.74) is 2.52. The Morgan fingerprint density at radius 3 is 2.11 bits per heavy atom. The van der Waals surface area contributed by atoms with Gasteiger partial charge >= 0.3 is 6.03 Å². The van der Waals surface area contributed by atoms with Crippen LogP contribution in [-0.4, -0.2) is 37.6 Å². The average molecular weight is 473 g/mol. The van der Waals surface area contributed by atoms with Gasteiger partial charge in [-0.05, 0) is 48.5 Å². The second-order valence-electron chi connectivity index (χ2n) is 8.25. The average Bonchev–Trinajstić information content (AvgIpc) is 3.27. The van der Waals surface area contributed by atoms with Crippen LogP contribution in [0.4, 0.5) is 27.5 Å². The predicted octanol–water partition coefficient (Wildman–Crippen LogP) is 4.09. The van der Waals surface area contributed by atoms with Crippen molar-refractivity contribution in [2.24, 2.45) is 5.92 Å². The van der Waals surface area contributed by atoms with Gasteiger partial charge in [0, 0.05) is 41.8 Å². The summed E-state index contributed by atoms with van der Waals surface area (Å²) < 4.78 is 11.1. The second kappa shape index (κ2) is 9.76. The van der Waals surface area contributed by atoms with E-state index in [0.29, 0.717) is 47.5 Å². The van der Waals surface area contributed by atoms with Crippen LogP contribution >= 0.6 is 0 Å². The first-order valence-electron chi connectivity index (χ1n) is 11.3. The Morgan fingerprint density at radius 2 is 1.40 bits per heavy atom. The van der Waals surface area contributed by atoms with Gasteiger partial charge < -0.3 is 30.3 Å². The quantitative estimate of drug-likeness (QED) is 0.518. The lowest BCUT2D eigenvalue weighted by atomic mass is 10.1. The molecular formula is C26H24N4O5. The summed E-state index contributed by atoms with van der Waals surface area (Å²) >= 11 is 0. The van der Waals surface area contributed by atoms with E-state index in [2.05, 4.69) is 16.0 Å². The van der Waals surface area contributed by atoms with E-state index in [-0.39, 0.29) is 30.8 Å². The predicted molar refractivity (Wildman–Crippen MR) is 132 cm³/mol. The Balaban J connectivity index is 1.16. The SMILES string of the molecule is O=C(Nc1ccccc1)Nc1ccc(NC(=O)[C@@H]2CC(=O)N(c3ccc4c(c3)OCCO4)C2)cc1. The number of anilines is 4. The molecule has 0 spiro atoms. The molecule has 0 saturated carbocycles. The van der Waals surface area contributed by atoms with Gasteiger partial charge in [-0.3, -0.25) is 9.59 Å². The van der Waals surface area contributed by atoms with Gasteiger partial charge in [-0.15, -0.1) is 0 Å². The molecule has 178 valence electrons. The standard InChI is InChI=1S/C26H24N4O5/c31-24-14-17(16-30(24)21-10-11-22-23(15-21)35-13-12-34-22)25(32)27-19-6-8-20(9-7-19)29-26(33)28-18-4-2-1-3-5-18/h1-11,15,17H,12-14,16H2,(H,27,32)(H2,28,29,33)/t17-/m1/s1. The Hall–Kier alpha value is -4.53. The molecule has 0 bridgehead atoms. The molecule has 3 aromatic carbocycles. The molecule has 2 aliphatic rings. The van der Waals surface area contributed by atoms with E-state index in [1.165, 1.54) is 0 Å². The number of nitrogens with zero attached hydrogens (tertiary/aromatic N) is 1. The van der Waals surface area contributed by atoms with Crippen LogP contribution in [0.15, 0.2) is 72.8 Å². The summed E-state index contributed by atoms with van der Waals surface area (Å²) in [6.45, 7) is 1.24. The highest BCUT2D eigenvalue weighted by Crippen LogP contribution is 2.36. The van der Waals surface area contributed by atoms with Gasteiger partial charge in [0.25, 0.3) is 0 Å². The first-order chi connectivity index (χ1) is 17.0. The highest BCUT2D eigenvalue weighted by Gasteiger charge is 2.35. The summed E-state index contributed by atoms with van der Waals surface area (Å²) in [7, 11) is 0. The Kier molecular flexibility index (Phi) is 6.21. The van der Waals surface area contributed by atoms with Crippen molar-refractivity contribution in [3.63, 3.8) is 0 Å². The van der Waals surface area contributed by atoms with Gasteiger partial charge in [-0.2, -0.15) is 0 Å². The Morgan fingerprint density at radius 1 is 0.771 bits per heavy atom.